The number of carbonyl (C=O) groups is 1. The lowest BCUT2D eigenvalue weighted by molar-refractivity contribution is -0.144. The molecule has 0 aliphatic carbocycles. The van der Waals surface area contributed by atoms with Gasteiger partial charge in [-0.2, -0.15) is 0 Å². The molecule has 3 rings (SSSR count). The van der Waals surface area contributed by atoms with Gasteiger partial charge < -0.3 is 19.1 Å². The van der Waals surface area contributed by atoms with E-state index in [0.29, 0.717) is 11.6 Å². The van der Waals surface area contributed by atoms with Gasteiger partial charge in [-0.25, -0.2) is 0 Å². The van der Waals surface area contributed by atoms with Crippen LogP contribution in [0.25, 0.3) is 0 Å². The Hall–Kier alpha value is -2.08. The molecule has 162 valence electrons. The first-order chi connectivity index (χ1) is 14.6. The van der Waals surface area contributed by atoms with Gasteiger partial charge in [0.05, 0.1) is 32.8 Å². The maximum atomic E-state index is 12.1. The van der Waals surface area contributed by atoms with Gasteiger partial charge in [0.1, 0.15) is 0 Å². The van der Waals surface area contributed by atoms with E-state index < -0.39 is 0 Å². The Labute approximate surface area is 183 Å². The third kappa shape index (κ3) is 6.21. The number of morpholine rings is 1. The molecule has 0 spiro atoms. The van der Waals surface area contributed by atoms with Crippen molar-refractivity contribution in [3.05, 3.63) is 64.7 Å². The number of hydrogen-bond donors (Lipinski definition) is 0. The molecule has 2 aromatic carbocycles. The third-order valence-corrected chi connectivity index (χ3v) is 5.74. The molecule has 0 amide bonds. The van der Waals surface area contributed by atoms with Crippen molar-refractivity contribution in [3.63, 3.8) is 0 Å². The Bertz CT molecular complexity index is 788. The molecule has 0 saturated carbocycles. The highest BCUT2D eigenvalue weighted by Gasteiger charge is 2.27. The largest absolute Gasteiger partial charge is 0.469 e. The van der Waals surface area contributed by atoms with Crippen molar-refractivity contribution in [3.8, 4) is 0 Å². The lowest BCUT2D eigenvalue weighted by Gasteiger charge is -2.30. The number of methoxy groups -OCH3 is 1. The molecule has 5 nitrogen and oxygen atoms in total. The molecule has 0 bridgehead atoms. The van der Waals surface area contributed by atoms with Gasteiger partial charge in [-0.05, 0) is 48.7 Å². The van der Waals surface area contributed by atoms with Crippen molar-refractivity contribution in [2.75, 3.05) is 44.9 Å². The summed E-state index contributed by atoms with van der Waals surface area (Å²) in [6, 6.07) is 16.4. The minimum Gasteiger partial charge on any atom is -0.469 e. The zero-order valence-electron chi connectivity index (χ0n) is 17.7. The highest BCUT2D eigenvalue weighted by Crippen LogP contribution is 2.31. The van der Waals surface area contributed by atoms with Gasteiger partial charge >= 0.3 is 5.97 Å². The number of ether oxygens (including phenoxy) is 3. The molecule has 0 aromatic heterocycles. The summed E-state index contributed by atoms with van der Waals surface area (Å²) >= 11 is 6.06. The standard InChI is InChI=1S/C24H30ClNO4/c1-3-30-23(17-24(27)28-2)22(16-18-4-8-20(25)9-5-18)19-6-10-21(11-7-19)26-12-14-29-15-13-26/h4-11,22-23H,3,12-17H2,1-2H3/t22-,23-/m1/s1. The molecule has 2 aromatic rings. The predicted octanol–water partition coefficient (Wildman–Crippen LogP) is 4.47. The molecule has 1 aliphatic heterocycles. The summed E-state index contributed by atoms with van der Waals surface area (Å²) in [6.45, 7) is 5.80. The summed E-state index contributed by atoms with van der Waals surface area (Å²) in [5.74, 6) is -0.247. The van der Waals surface area contributed by atoms with E-state index in [1.54, 1.807) is 0 Å². The first-order valence-corrected chi connectivity index (χ1v) is 10.8. The quantitative estimate of drug-likeness (QED) is 0.548. The van der Waals surface area contributed by atoms with Crippen LogP contribution in [0.5, 0.6) is 0 Å². The molecule has 1 fully saturated rings. The minimum atomic E-state index is -0.271. The van der Waals surface area contributed by atoms with E-state index in [0.717, 1.165) is 43.9 Å². The Morgan fingerprint density at radius 1 is 1.10 bits per heavy atom. The smallest absolute Gasteiger partial charge is 0.308 e. The summed E-state index contributed by atoms with van der Waals surface area (Å²) < 4.78 is 16.4. The summed E-state index contributed by atoms with van der Waals surface area (Å²) in [4.78, 5) is 14.4. The molecule has 0 unspecified atom stereocenters. The van der Waals surface area contributed by atoms with Gasteiger partial charge in [-0.3, -0.25) is 4.79 Å². The van der Waals surface area contributed by atoms with Crippen LogP contribution >= 0.6 is 11.6 Å². The van der Waals surface area contributed by atoms with Gasteiger partial charge in [0.2, 0.25) is 0 Å². The average Bonchev–Trinajstić information content (AvgIpc) is 2.79. The second-order valence-electron chi connectivity index (χ2n) is 7.40. The highest BCUT2D eigenvalue weighted by atomic mass is 35.5. The number of halogens is 1. The topological polar surface area (TPSA) is 48.0 Å². The number of nitrogens with zero attached hydrogens (tertiary/aromatic N) is 1. The van der Waals surface area contributed by atoms with Gasteiger partial charge in [0, 0.05) is 36.3 Å². The number of carbonyl (C=O) groups excluding carboxylic acids is 1. The van der Waals surface area contributed by atoms with Crippen molar-refractivity contribution in [1.29, 1.82) is 0 Å². The number of rotatable bonds is 9. The molecule has 2 atom stereocenters. The van der Waals surface area contributed by atoms with Crippen LogP contribution < -0.4 is 4.90 Å². The van der Waals surface area contributed by atoms with E-state index in [1.165, 1.54) is 12.8 Å². The van der Waals surface area contributed by atoms with E-state index >= 15 is 0 Å². The van der Waals surface area contributed by atoms with Crippen molar-refractivity contribution in [2.24, 2.45) is 0 Å². The van der Waals surface area contributed by atoms with Crippen LogP contribution in [0.1, 0.15) is 30.4 Å². The Morgan fingerprint density at radius 3 is 2.37 bits per heavy atom. The first-order valence-electron chi connectivity index (χ1n) is 10.5. The van der Waals surface area contributed by atoms with Crippen LogP contribution in [0, 0.1) is 0 Å². The van der Waals surface area contributed by atoms with Gasteiger partial charge in [0.15, 0.2) is 0 Å². The molecule has 0 N–H and O–H groups in total. The number of anilines is 1. The summed E-state index contributed by atoms with van der Waals surface area (Å²) in [6.07, 6.45) is 0.691. The van der Waals surface area contributed by atoms with Crippen LogP contribution in [0.15, 0.2) is 48.5 Å². The second kappa shape index (κ2) is 11.3. The SMILES string of the molecule is CCO[C@H](CC(=O)OC)[C@H](Cc1ccc(Cl)cc1)c1ccc(N2CCOCC2)cc1. The first kappa shape index (κ1) is 22.6. The lowest BCUT2D eigenvalue weighted by atomic mass is 9.85. The van der Waals surface area contributed by atoms with Crippen molar-refractivity contribution < 1.29 is 19.0 Å². The number of benzene rings is 2. The zero-order chi connectivity index (χ0) is 21.3. The Balaban J connectivity index is 1.86. The van der Waals surface area contributed by atoms with E-state index in [2.05, 4.69) is 29.2 Å². The number of hydrogen-bond acceptors (Lipinski definition) is 5. The summed E-state index contributed by atoms with van der Waals surface area (Å²) in [5, 5.41) is 0.709. The van der Waals surface area contributed by atoms with Gasteiger partial charge in [-0.15, -0.1) is 0 Å². The maximum Gasteiger partial charge on any atom is 0.308 e. The molecule has 1 aliphatic rings. The molecular formula is C24H30ClNO4. The molecule has 6 heteroatoms. The average molecular weight is 432 g/mol. The monoisotopic (exact) mass is 431 g/mol. The second-order valence-corrected chi connectivity index (χ2v) is 7.84. The van der Waals surface area contributed by atoms with E-state index in [4.69, 9.17) is 25.8 Å². The Kier molecular flexibility index (Phi) is 8.55. The van der Waals surface area contributed by atoms with Crippen LogP contribution in [-0.4, -0.2) is 52.1 Å². The minimum absolute atomic E-state index is 0.0176. The van der Waals surface area contributed by atoms with Crippen LogP contribution in [0.4, 0.5) is 5.69 Å². The normalized spacial score (nSPS) is 16.2. The van der Waals surface area contributed by atoms with Crippen molar-refractivity contribution in [2.45, 2.75) is 31.8 Å². The number of esters is 1. The fourth-order valence-electron chi connectivity index (χ4n) is 3.87. The van der Waals surface area contributed by atoms with Gasteiger partial charge in [-0.1, -0.05) is 35.9 Å². The van der Waals surface area contributed by atoms with Crippen molar-refractivity contribution in [1.82, 2.24) is 0 Å². The molecule has 30 heavy (non-hydrogen) atoms. The van der Waals surface area contributed by atoms with Crippen LogP contribution in [-0.2, 0) is 25.4 Å². The molecular weight excluding hydrogens is 402 g/mol. The zero-order valence-corrected chi connectivity index (χ0v) is 18.4. The fourth-order valence-corrected chi connectivity index (χ4v) is 4.00. The van der Waals surface area contributed by atoms with E-state index in [-0.39, 0.29) is 24.4 Å². The van der Waals surface area contributed by atoms with Gasteiger partial charge in [0.25, 0.3) is 0 Å². The van der Waals surface area contributed by atoms with Crippen LogP contribution in [0.2, 0.25) is 5.02 Å². The summed E-state index contributed by atoms with van der Waals surface area (Å²) in [5.41, 5.74) is 3.48. The fraction of sp³-hybridized carbons (Fsp3) is 0.458. The summed E-state index contributed by atoms with van der Waals surface area (Å²) in [7, 11) is 1.41. The Morgan fingerprint density at radius 2 is 1.77 bits per heavy atom. The highest BCUT2D eigenvalue weighted by molar-refractivity contribution is 6.30. The van der Waals surface area contributed by atoms with Crippen molar-refractivity contribution >= 4 is 23.3 Å². The van der Waals surface area contributed by atoms with Crippen LogP contribution in [0.3, 0.4) is 0 Å². The predicted molar refractivity (Wildman–Crippen MR) is 119 cm³/mol. The lowest BCUT2D eigenvalue weighted by Crippen LogP contribution is -2.36. The third-order valence-electron chi connectivity index (χ3n) is 5.49. The molecule has 0 radical (unpaired) electrons. The maximum absolute atomic E-state index is 12.1. The molecule has 1 saturated heterocycles. The molecule has 1 heterocycles. The van der Waals surface area contributed by atoms with E-state index in [1.807, 2.05) is 31.2 Å². The van der Waals surface area contributed by atoms with E-state index in [9.17, 15) is 4.79 Å².